The molecule has 3 aromatic rings. The van der Waals surface area contributed by atoms with Crippen LogP contribution in [-0.2, 0) is 13.6 Å². The van der Waals surface area contributed by atoms with E-state index in [1.807, 2.05) is 36.4 Å². The molecule has 2 aromatic carbocycles. The van der Waals surface area contributed by atoms with Gasteiger partial charge in [0.05, 0.1) is 24.7 Å². The molecule has 0 aliphatic heterocycles. The summed E-state index contributed by atoms with van der Waals surface area (Å²) in [5.41, 5.74) is 2.62. The highest BCUT2D eigenvalue weighted by atomic mass is 35.5. The van der Waals surface area contributed by atoms with Gasteiger partial charge in [0.15, 0.2) is 0 Å². The van der Waals surface area contributed by atoms with Gasteiger partial charge in [-0.25, -0.2) is 4.79 Å². The highest BCUT2D eigenvalue weighted by Crippen LogP contribution is 2.24. The Morgan fingerprint density at radius 1 is 1.14 bits per heavy atom. The smallest absolute Gasteiger partial charge is 0.329 e. The molecule has 0 atom stereocenters. The number of nitrogens with zero attached hydrogens (tertiary/aromatic N) is 2. The maximum absolute atomic E-state index is 12.4. The highest BCUT2D eigenvalue weighted by molar-refractivity contribution is 6.30. The van der Waals surface area contributed by atoms with E-state index < -0.39 is 0 Å². The molecule has 21 heavy (non-hydrogen) atoms. The fourth-order valence-electron chi connectivity index (χ4n) is 2.56. The summed E-state index contributed by atoms with van der Waals surface area (Å²) in [4.78, 5) is 12.4. The molecule has 4 nitrogen and oxygen atoms in total. The minimum absolute atomic E-state index is 0.0572. The molecule has 0 spiro atoms. The zero-order valence-electron chi connectivity index (χ0n) is 11.8. The van der Waals surface area contributed by atoms with Crippen molar-refractivity contribution >= 4 is 22.6 Å². The Morgan fingerprint density at radius 3 is 2.57 bits per heavy atom. The summed E-state index contributed by atoms with van der Waals surface area (Å²) >= 11 is 6.06. The lowest BCUT2D eigenvalue weighted by atomic mass is 10.2. The van der Waals surface area contributed by atoms with Crippen LogP contribution in [-0.4, -0.2) is 16.2 Å². The number of ether oxygens (including phenoxy) is 1. The number of hydrogen-bond acceptors (Lipinski definition) is 2. The number of methoxy groups -OCH3 is 1. The van der Waals surface area contributed by atoms with E-state index in [0.717, 1.165) is 22.3 Å². The predicted molar refractivity (Wildman–Crippen MR) is 84.3 cm³/mol. The molecule has 0 aliphatic carbocycles. The molecule has 0 radical (unpaired) electrons. The first-order chi connectivity index (χ1) is 10.1. The molecule has 0 saturated carbocycles. The quantitative estimate of drug-likeness (QED) is 0.745. The summed E-state index contributed by atoms with van der Waals surface area (Å²) in [5, 5.41) is 0.624. The average Bonchev–Trinajstić information content (AvgIpc) is 2.73. The number of halogens is 1. The SMILES string of the molecule is COc1ccc(Cl)cc1Cn1c(=O)n(C)c2ccccc21. The first kappa shape index (κ1) is 13.8. The third-order valence-corrected chi connectivity index (χ3v) is 3.86. The van der Waals surface area contributed by atoms with E-state index in [1.165, 1.54) is 0 Å². The van der Waals surface area contributed by atoms with Gasteiger partial charge < -0.3 is 4.74 Å². The molecule has 0 unspecified atom stereocenters. The number of benzene rings is 2. The topological polar surface area (TPSA) is 36.2 Å². The number of para-hydroxylation sites is 2. The number of aryl methyl sites for hydroxylation is 1. The van der Waals surface area contributed by atoms with Crippen molar-refractivity contribution in [3.05, 3.63) is 63.5 Å². The molecule has 0 saturated heterocycles. The number of fused-ring (bicyclic) bond motifs is 1. The lowest BCUT2D eigenvalue weighted by molar-refractivity contribution is 0.408. The minimum atomic E-state index is -0.0572. The zero-order valence-corrected chi connectivity index (χ0v) is 12.6. The first-order valence-corrected chi connectivity index (χ1v) is 6.96. The Morgan fingerprint density at radius 2 is 1.86 bits per heavy atom. The van der Waals surface area contributed by atoms with Crippen LogP contribution in [0.1, 0.15) is 5.56 Å². The van der Waals surface area contributed by atoms with E-state index in [2.05, 4.69) is 0 Å². The van der Waals surface area contributed by atoms with Gasteiger partial charge >= 0.3 is 5.69 Å². The molecule has 108 valence electrons. The number of hydrogen-bond donors (Lipinski definition) is 0. The van der Waals surface area contributed by atoms with Crippen LogP contribution >= 0.6 is 11.6 Å². The second kappa shape index (κ2) is 5.30. The van der Waals surface area contributed by atoms with E-state index in [9.17, 15) is 4.79 Å². The zero-order chi connectivity index (χ0) is 15.0. The molecule has 0 N–H and O–H groups in total. The molecule has 0 aliphatic rings. The van der Waals surface area contributed by atoms with E-state index in [0.29, 0.717) is 11.6 Å². The summed E-state index contributed by atoms with van der Waals surface area (Å²) in [6, 6.07) is 13.1. The standard InChI is InChI=1S/C16H15ClN2O2/c1-18-13-5-3-4-6-14(13)19(16(18)20)10-11-9-12(17)7-8-15(11)21-2/h3-9H,10H2,1-2H3. The first-order valence-electron chi connectivity index (χ1n) is 6.58. The van der Waals surface area contributed by atoms with E-state index in [-0.39, 0.29) is 5.69 Å². The Kier molecular flexibility index (Phi) is 3.47. The molecule has 1 heterocycles. The maximum Gasteiger partial charge on any atom is 0.329 e. The third kappa shape index (κ3) is 2.32. The van der Waals surface area contributed by atoms with Gasteiger partial charge in [-0.05, 0) is 30.3 Å². The lowest BCUT2D eigenvalue weighted by Crippen LogP contribution is -2.22. The van der Waals surface area contributed by atoms with Gasteiger partial charge in [0.2, 0.25) is 0 Å². The molecular weight excluding hydrogens is 288 g/mol. The van der Waals surface area contributed by atoms with Gasteiger partial charge in [0, 0.05) is 17.6 Å². The second-order valence-corrected chi connectivity index (χ2v) is 5.31. The largest absolute Gasteiger partial charge is 0.496 e. The maximum atomic E-state index is 12.4. The fourth-order valence-corrected chi connectivity index (χ4v) is 2.75. The Balaban J connectivity index is 2.17. The summed E-state index contributed by atoms with van der Waals surface area (Å²) in [7, 11) is 3.38. The van der Waals surface area contributed by atoms with Crippen molar-refractivity contribution in [2.45, 2.75) is 6.54 Å². The summed E-state index contributed by atoms with van der Waals surface area (Å²) in [6.45, 7) is 0.421. The van der Waals surface area contributed by atoms with Gasteiger partial charge in [-0.2, -0.15) is 0 Å². The van der Waals surface area contributed by atoms with Crippen molar-refractivity contribution in [2.24, 2.45) is 7.05 Å². The number of imidazole rings is 1. The van der Waals surface area contributed by atoms with Crippen molar-refractivity contribution in [1.29, 1.82) is 0 Å². The van der Waals surface area contributed by atoms with Crippen molar-refractivity contribution < 1.29 is 4.74 Å². The minimum Gasteiger partial charge on any atom is -0.496 e. The summed E-state index contributed by atoms with van der Waals surface area (Å²) < 4.78 is 8.72. The molecule has 3 rings (SSSR count). The highest BCUT2D eigenvalue weighted by Gasteiger charge is 2.12. The molecule has 1 aromatic heterocycles. The van der Waals surface area contributed by atoms with Crippen LogP contribution in [0.5, 0.6) is 5.75 Å². The van der Waals surface area contributed by atoms with Gasteiger partial charge in [0.1, 0.15) is 5.75 Å². The third-order valence-electron chi connectivity index (χ3n) is 3.62. The van der Waals surface area contributed by atoms with Crippen molar-refractivity contribution in [3.8, 4) is 5.75 Å². The average molecular weight is 303 g/mol. The van der Waals surface area contributed by atoms with Gasteiger partial charge in [-0.3, -0.25) is 9.13 Å². The van der Waals surface area contributed by atoms with E-state index >= 15 is 0 Å². The van der Waals surface area contributed by atoms with Crippen molar-refractivity contribution in [3.63, 3.8) is 0 Å². The normalized spacial score (nSPS) is 11.0. The van der Waals surface area contributed by atoms with Gasteiger partial charge in [-0.1, -0.05) is 23.7 Å². The monoisotopic (exact) mass is 302 g/mol. The molecule has 0 amide bonds. The van der Waals surface area contributed by atoms with Crippen LogP contribution in [0.2, 0.25) is 5.02 Å². The van der Waals surface area contributed by atoms with Crippen LogP contribution < -0.4 is 10.4 Å². The molecule has 5 heteroatoms. The van der Waals surface area contributed by atoms with Crippen LogP contribution in [0.15, 0.2) is 47.3 Å². The van der Waals surface area contributed by atoms with Crippen LogP contribution in [0.25, 0.3) is 11.0 Å². The van der Waals surface area contributed by atoms with Crippen LogP contribution in [0.3, 0.4) is 0 Å². The predicted octanol–water partition coefficient (Wildman–Crippen LogP) is 3.05. The molecule has 0 fully saturated rings. The van der Waals surface area contributed by atoms with Crippen molar-refractivity contribution in [2.75, 3.05) is 7.11 Å². The van der Waals surface area contributed by atoms with Crippen molar-refractivity contribution in [1.82, 2.24) is 9.13 Å². The van der Waals surface area contributed by atoms with E-state index in [1.54, 1.807) is 29.4 Å². The Hall–Kier alpha value is -2.20. The Labute approximate surface area is 127 Å². The molecular formula is C16H15ClN2O2. The van der Waals surface area contributed by atoms with Gasteiger partial charge in [0.25, 0.3) is 0 Å². The lowest BCUT2D eigenvalue weighted by Gasteiger charge is -2.09. The van der Waals surface area contributed by atoms with E-state index in [4.69, 9.17) is 16.3 Å². The Bertz CT molecular complexity index is 864. The van der Waals surface area contributed by atoms with Gasteiger partial charge in [-0.15, -0.1) is 0 Å². The summed E-state index contributed by atoms with van der Waals surface area (Å²) in [5.74, 6) is 0.722. The number of rotatable bonds is 3. The second-order valence-electron chi connectivity index (χ2n) is 4.87. The molecule has 0 bridgehead atoms. The van der Waals surface area contributed by atoms with Crippen LogP contribution in [0, 0.1) is 0 Å². The van der Waals surface area contributed by atoms with Crippen LogP contribution in [0.4, 0.5) is 0 Å². The summed E-state index contributed by atoms with van der Waals surface area (Å²) in [6.07, 6.45) is 0. The number of aromatic nitrogens is 2. The fraction of sp³-hybridized carbons (Fsp3) is 0.188.